The number of carbonyl (C=O) groups excluding carboxylic acids is 1. The molecular formula is C14H21ClN2O2. The number of ether oxygens (including phenoxy) is 1. The van der Waals surface area contributed by atoms with Crippen molar-refractivity contribution in [2.24, 2.45) is 5.73 Å². The first-order valence-corrected chi connectivity index (χ1v) is 6.83. The van der Waals surface area contributed by atoms with Crippen LogP contribution in [0.4, 0.5) is 0 Å². The molecule has 0 heterocycles. The lowest BCUT2D eigenvalue weighted by Gasteiger charge is -2.20. The predicted molar refractivity (Wildman–Crippen MR) is 77.5 cm³/mol. The molecule has 0 bridgehead atoms. The standard InChI is InChI=1S/C14H21ClN2O2/c1-4-17(5-2)14(18)9-19-13-7-6-11(15)8-12(13)10(3)16/h6-8,10H,4-5,9,16H2,1-3H3/t10-/m1/s1. The Kier molecular flexibility index (Phi) is 6.12. The monoisotopic (exact) mass is 284 g/mol. The largest absolute Gasteiger partial charge is 0.483 e. The summed E-state index contributed by atoms with van der Waals surface area (Å²) in [5.41, 5.74) is 6.67. The van der Waals surface area contributed by atoms with Gasteiger partial charge >= 0.3 is 0 Å². The topological polar surface area (TPSA) is 55.6 Å². The molecule has 106 valence electrons. The molecular weight excluding hydrogens is 264 g/mol. The molecule has 0 aliphatic heterocycles. The molecule has 1 aromatic carbocycles. The maximum absolute atomic E-state index is 11.9. The van der Waals surface area contributed by atoms with E-state index in [1.54, 1.807) is 23.1 Å². The summed E-state index contributed by atoms with van der Waals surface area (Å²) in [5.74, 6) is 0.579. The van der Waals surface area contributed by atoms with Gasteiger partial charge in [0.2, 0.25) is 0 Å². The molecule has 1 amide bonds. The normalized spacial score (nSPS) is 12.1. The Bertz CT molecular complexity index is 431. The average Bonchev–Trinajstić information content (AvgIpc) is 2.38. The van der Waals surface area contributed by atoms with Crippen LogP contribution in [0, 0.1) is 0 Å². The van der Waals surface area contributed by atoms with E-state index in [0.29, 0.717) is 23.9 Å². The molecule has 1 rings (SSSR count). The van der Waals surface area contributed by atoms with Crippen molar-refractivity contribution in [2.75, 3.05) is 19.7 Å². The third-order valence-electron chi connectivity index (χ3n) is 2.93. The highest BCUT2D eigenvalue weighted by Gasteiger charge is 2.13. The lowest BCUT2D eigenvalue weighted by atomic mass is 10.1. The predicted octanol–water partition coefficient (Wildman–Crippen LogP) is 2.61. The first-order chi connectivity index (χ1) is 8.99. The van der Waals surface area contributed by atoms with Crippen molar-refractivity contribution in [1.82, 2.24) is 4.90 Å². The van der Waals surface area contributed by atoms with Crippen molar-refractivity contribution in [3.8, 4) is 5.75 Å². The van der Waals surface area contributed by atoms with Crippen molar-refractivity contribution in [2.45, 2.75) is 26.8 Å². The zero-order valence-electron chi connectivity index (χ0n) is 11.6. The molecule has 5 heteroatoms. The molecule has 0 saturated heterocycles. The van der Waals surface area contributed by atoms with E-state index in [1.165, 1.54) is 0 Å². The van der Waals surface area contributed by atoms with Crippen molar-refractivity contribution in [3.05, 3.63) is 28.8 Å². The van der Waals surface area contributed by atoms with Gasteiger partial charge in [0.15, 0.2) is 6.61 Å². The third kappa shape index (κ3) is 4.40. The SMILES string of the molecule is CCN(CC)C(=O)COc1ccc(Cl)cc1[C@@H](C)N. The summed E-state index contributed by atoms with van der Waals surface area (Å²) >= 11 is 5.93. The van der Waals surface area contributed by atoms with Gasteiger partial charge in [0.1, 0.15) is 5.75 Å². The van der Waals surface area contributed by atoms with E-state index >= 15 is 0 Å². The van der Waals surface area contributed by atoms with E-state index in [9.17, 15) is 4.79 Å². The molecule has 0 radical (unpaired) electrons. The highest BCUT2D eigenvalue weighted by atomic mass is 35.5. The fraction of sp³-hybridized carbons (Fsp3) is 0.500. The van der Waals surface area contributed by atoms with Crippen LogP contribution in [0.25, 0.3) is 0 Å². The maximum Gasteiger partial charge on any atom is 0.260 e. The number of nitrogens with zero attached hydrogens (tertiary/aromatic N) is 1. The van der Waals surface area contributed by atoms with Crippen LogP contribution in [-0.4, -0.2) is 30.5 Å². The van der Waals surface area contributed by atoms with Crippen LogP contribution >= 0.6 is 11.6 Å². The molecule has 0 aromatic heterocycles. The highest BCUT2D eigenvalue weighted by Crippen LogP contribution is 2.27. The Morgan fingerprint density at radius 2 is 2.05 bits per heavy atom. The second-order valence-electron chi connectivity index (χ2n) is 4.33. The van der Waals surface area contributed by atoms with Crippen LogP contribution in [0.2, 0.25) is 5.02 Å². The highest BCUT2D eigenvalue weighted by molar-refractivity contribution is 6.30. The molecule has 1 atom stereocenters. The van der Waals surface area contributed by atoms with Gasteiger partial charge in [-0.3, -0.25) is 4.79 Å². The fourth-order valence-electron chi connectivity index (χ4n) is 1.81. The van der Waals surface area contributed by atoms with Crippen LogP contribution in [0.15, 0.2) is 18.2 Å². The van der Waals surface area contributed by atoms with E-state index in [1.807, 2.05) is 20.8 Å². The van der Waals surface area contributed by atoms with Gasteiger partial charge in [-0.15, -0.1) is 0 Å². The van der Waals surface area contributed by atoms with Crippen LogP contribution in [0.1, 0.15) is 32.4 Å². The Morgan fingerprint density at radius 3 is 2.58 bits per heavy atom. The van der Waals surface area contributed by atoms with E-state index in [2.05, 4.69) is 0 Å². The van der Waals surface area contributed by atoms with E-state index in [-0.39, 0.29) is 18.6 Å². The Hall–Kier alpha value is -1.26. The number of benzene rings is 1. The zero-order valence-corrected chi connectivity index (χ0v) is 12.4. The summed E-state index contributed by atoms with van der Waals surface area (Å²) in [7, 11) is 0. The third-order valence-corrected chi connectivity index (χ3v) is 3.16. The van der Waals surface area contributed by atoms with Crippen molar-refractivity contribution < 1.29 is 9.53 Å². The number of hydrogen-bond acceptors (Lipinski definition) is 3. The molecule has 0 aliphatic rings. The van der Waals surface area contributed by atoms with Gasteiger partial charge in [-0.1, -0.05) is 11.6 Å². The van der Waals surface area contributed by atoms with Crippen LogP contribution in [-0.2, 0) is 4.79 Å². The number of nitrogens with two attached hydrogens (primary N) is 1. The second kappa shape index (κ2) is 7.36. The van der Waals surface area contributed by atoms with Gasteiger partial charge in [0.05, 0.1) is 0 Å². The summed E-state index contributed by atoms with van der Waals surface area (Å²) in [6.45, 7) is 7.11. The summed E-state index contributed by atoms with van der Waals surface area (Å²) in [6, 6.07) is 5.04. The van der Waals surface area contributed by atoms with Gasteiger partial charge in [-0.2, -0.15) is 0 Å². The molecule has 2 N–H and O–H groups in total. The van der Waals surface area contributed by atoms with Gasteiger partial charge in [-0.05, 0) is 39.0 Å². The quantitative estimate of drug-likeness (QED) is 0.874. The number of carbonyl (C=O) groups is 1. The van der Waals surface area contributed by atoms with Gasteiger partial charge in [-0.25, -0.2) is 0 Å². The van der Waals surface area contributed by atoms with Crippen LogP contribution < -0.4 is 10.5 Å². The summed E-state index contributed by atoms with van der Waals surface area (Å²) in [6.07, 6.45) is 0. The molecule has 19 heavy (non-hydrogen) atoms. The molecule has 4 nitrogen and oxygen atoms in total. The van der Waals surface area contributed by atoms with Crippen LogP contribution in [0.5, 0.6) is 5.75 Å². The Labute approximate surface area is 119 Å². The van der Waals surface area contributed by atoms with Gasteiger partial charge < -0.3 is 15.4 Å². The van der Waals surface area contributed by atoms with Crippen molar-refractivity contribution >= 4 is 17.5 Å². The first kappa shape index (κ1) is 15.8. The maximum atomic E-state index is 11.9. The smallest absolute Gasteiger partial charge is 0.260 e. The lowest BCUT2D eigenvalue weighted by Crippen LogP contribution is -2.34. The zero-order chi connectivity index (χ0) is 14.4. The molecule has 0 fully saturated rings. The average molecular weight is 285 g/mol. The van der Waals surface area contributed by atoms with Gasteiger partial charge in [0.25, 0.3) is 5.91 Å². The number of hydrogen-bond donors (Lipinski definition) is 1. The fourth-order valence-corrected chi connectivity index (χ4v) is 1.99. The molecule has 0 spiro atoms. The van der Waals surface area contributed by atoms with Crippen molar-refractivity contribution in [1.29, 1.82) is 0 Å². The van der Waals surface area contributed by atoms with Crippen LogP contribution in [0.3, 0.4) is 0 Å². The Morgan fingerprint density at radius 1 is 1.42 bits per heavy atom. The number of halogens is 1. The van der Waals surface area contributed by atoms with E-state index in [4.69, 9.17) is 22.1 Å². The Balaban J connectivity index is 2.75. The number of amides is 1. The molecule has 0 unspecified atom stereocenters. The minimum Gasteiger partial charge on any atom is -0.483 e. The minimum absolute atomic E-state index is 0.0169. The first-order valence-electron chi connectivity index (χ1n) is 6.45. The van der Waals surface area contributed by atoms with E-state index in [0.717, 1.165) is 5.56 Å². The van der Waals surface area contributed by atoms with Gasteiger partial charge in [0, 0.05) is 29.7 Å². The second-order valence-corrected chi connectivity index (χ2v) is 4.76. The summed E-state index contributed by atoms with van der Waals surface area (Å²) in [4.78, 5) is 13.6. The van der Waals surface area contributed by atoms with E-state index < -0.39 is 0 Å². The number of rotatable bonds is 6. The summed E-state index contributed by atoms with van der Waals surface area (Å²) < 4.78 is 5.57. The molecule has 1 aromatic rings. The minimum atomic E-state index is -0.197. The lowest BCUT2D eigenvalue weighted by molar-refractivity contribution is -0.132. The molecule has 0 saturated carbocycles. The number of likely N-dealkylation sites (N-methyl/N-ethyl adjacent to an activating group) is 1. The van der Waals surface area contributed by atoms with Crippen molar-refractivity contribution in [3.63, 3.8) is 0 Å². The summed E-state index contributed by atoms with van der Waals surface area (Å²) in [5, 5.41) is 0.606. The molecule has 0 aliphatic carbocycles.